The van der Waals surface area contributed by atoms with Crippen LogP contribution < -0.4 is 0 Å². The molecule has 0 saturated carbocycles. The van der Waals surface area contributed by atoms with Crippen LogP contribution >= 0.6 is 34.4 Å². The van der Waals surface area contributed by atoms with Gasteiger partial charge in [-0.25, -0.2) is 13.4 Å². The Balaban J connectivity index is 1.91. The van der Waals surface area contributed by atoms with Crippen LogP contribution in [0.3, 0.4) is 0 Å². The Morgan fingerprint density at radius 2 is 1.91 bits per heavy atom. The summed E-state index contributed by atoms with van der Waals surface area (Å²) in [4.78, 5) is 4.83. The largest absolute Gasteiger partial charge is 0.229 e. The van der Waals surface area contributed by atoms with E-state index in [-0.39, 0.29) is 0 Å². The standard InChI is InChI=1S/C13H13N3O2S4/c1-7(2)11-15-16-13(20-11)21-12-14-9-5-4-8(22(3,17)18)6-10(9)19-12/h4-7H,1-3H3. The molecule has 0 N–H and O–H groups in total. The zero-order chi connectivity index (χ0) is 15.9. The highest BCUT2D eigenvalue weighted by atomic mass is 32.2. The molecule has 2 aromatic heterocycles. The number of hydrogen-bond donors (Lipinski definition) is 0. The highest BCUT2D eigenvalue weighted by Gasteiger charge is 2.14. The van der Waals surface area contributed by atoms with Crippen LogP contribution in [0.25, 0.3) is 10.2 Å². The molecule has 0 saturated heterocycles. The molecule has 0 aliphatic carbocycles. The molecule has 0 unspecified atom stereocenters. The summed E-state index contributed by atoms with van der Waals surface area (Å²) in [6.07, 6.45) is 1.21. The average Bonchev–Trinajstić information content (AvgIpc) is 3.03. The van der Waals surface area contributed by atoms with Crippen molar-refractivity contribution in [2.45, 2.75) is 33.3 Å². The Kier molecular flexibility index (Phi) is 4.23. The number of thiazole rings is 1. The number of aromatic nitrogens is 3. The first-order valence-electron chi connectivity index (χ1n) is 6.45. The Morgan fingerprint density at radius 3 is 2.55 bits per heavy atom. The van der Waals surface area contributed by atoms with Gasteiger partial charge in [0, 0.05) is 12.2 Å². The van der Waals surface area contributed by atoms with E-state index in [1.165, 1.54) is 29.4 Å². The Bertz CT molecular complexity index is 928. The second kappa shape index (κ2) is 5.88. The van der Waals surface area contributed by atoms with Crippen molar-refractivity contribution in [2.24, 2.45) is 0 Å². The third kappa shape index (κ3) is 3.32. The van der Waals surface area contributed by atoms with Crippen LogP contribution in [0.4, 0.5) is 0 Å². The fraction of sp³-hybridized carbons (Fsp3) is 0.308. The molecule has 0 atom stereocenters. The molecule has 0 amide bonds. The maximum Gasteiger partial charge on any atom is 0.181 e. The lowest BCUT2D eigenvalue weighted by atomic mass is 10.2. The topological polar surface area (TPSA) is 72.8 Å². The molecule has 0 aliphatic heterocycles. The second-order valence-corrected chi connectivity index (χ2v) is 10.6. The predicted octanol–water partition coefficient (Wildman–Crippen LogP) is 3.83. The van der Waals surface area contributed by atoms with Crippen molar-refractivity contribution >= 4 is 54.5 Å². The quantitative estimate of drug-likeness (QED) is 0.694. The molecular formula is C13H13N3O2S4. The second-order valence-electron chi connectivity index (χ2n) is 5.04. The van der Waals surface area contributed by atoms with Crippen LogP contribution in [0.15, 0.2) is 31.8 Å². The van der Waals surface area contributed by atoms with E-state index in [4.69, 9.17) is 0 Å². The van der Waals surface area contributed by atoms with Crippen LogP contribution in [-0.4, -0.2) is 29.9 Å². The van der Waals surface area contributed by atoms with E-state index in [1.807, 2.05) is 0 Å². The minimum atomic E-state index is -3.20. The highest BCUT2D eigenvalue weighted by Crippen LogP contribution is 2.37. The van der Waals surface area contributed by atoms with Gasteiger partial charge in [-0.2, -0.15) is 0 Å². The predicted molar refractivity (Wildman–Crippen MR) is 90.9 cm³/mol. The van der Waals surface area contributed by atoms with Crippen molar-refractivity contribution in [2.75, 3.05) is 6.26 Å². The molecule has 0 bridgehead atoms. The van der Waals surface area contributed by atoms with E-state index in [0.29, 0.717) is 10.8 Å². The molecule has 2 heterocycles. The van der Waals surface area contributed by atoms with Gasteiger partial charge in [0.1, 0.15) is 5.01 Å². The lowest BCUT2D eigenvalue weighted by Crippen LogP contribution is -1.95. The van der Waals surface area contributed by atoms with Crippen molar-refractivity contribution < 1.29 is 8.42 Å². The maximum absolute atomic E-state index is 11.6. The SMILES string of the molecule is CC(C)c1nnc(Sc2nc3ccc(S(C)(=O)=O)cc3s2)s1. The minimum Gasteiger partial charge on any atom is -0.229 e. The zero-order valence-electron chi connectivity index (χ0n) is 12.1. The molecular weight excluding hydrogens is 358 g/mol. The van der Waals surface area contributed by atoms with Crippen molar-refractivity contribution in [3.8, 4) is 0 Å². The monoisotopic (exact) mass is 371 g/mol. The average molecular weight is 372 g/mol. The lowest BCUT2D eigenvalue weighted by Gasteiger charge is -1.96. The van der Waals surface area contributed by atoms with E-state index < -0.39 is 9.84 Å². The third-order valence-electron chi connectivity index (χ3n) is 2.86. The summed E-state index contributed by atoms with van der Waals surface area (Å²) in [6.45, 7) is 4.17. The van der Waals surface area contributed by atoms with E-state index in [0.717, 1.165) is 23.9 Å². The number of nitrogens with zero attached hydrogens (tertiary/aromatic N) is 3. The number of rotatable bonds is 4. The fourth-order valence-electron chi connectivity index (χ4n) is 1.73. The van der Waals surface area contributed by atoms with Gasteiger partial charge in [0.2, 0.25) is 0 Å². The molecule has 22 heavy (non-hydrogen) atoms. The van der Waals surface area contributed by atoms with Crippen LogP contribution in [0, 0.1) is 0 Å². The Labute approximate surface area is 140 Å². The summed E-state index contributed by atoms with van der Waals surface area (Å²) in [7, 11) is -3.20. The number of sulfone groups is 1. The zero-order valence-corrected chi connectivity index (χ0v) is 15.4. The van der Waals surface area contributed by atoms with Gasteiger partial charge in [0.15, 0.2) is 18.5 Å². The summed E-state index contributed by atoms with van der Waals surface area (Å²) in [5, 5.41) is 9.32. The minimum absolute atomic E-state index is 0.318. The molecule has 3 aromatic rings. The Hall–Kier alpha value is -1.03. The van der Waals surface area contributed by atoms with E-state index in [1.54, 1.807) is 29.5 Å². The molecule has 9 heteroatoms. The molecule has 0 spiro atoms. The van der Waals surface area contributed by atoms with Gasteiger partial charge in [-0.05, 0) is 30.0 Å². The van der Waals surface area contributed by atoms with Crippen LogP contribution in [0.5, 0.6) is 0 Å². The van der Waals surface area contributed by atoms with Gasteiger partial charge in [-0.1, -0.05) is 25.2 Å². The van der Waals surface area contributed by atoms with Crippen LogP contribution in [0.1, 0.15) is 24.8 Å². The molecule has 0 radical (unpaired) electrons. The van der Waals surface area contributed by atoms with Crippen LogP contribution in [0.2, 0.25) is 0 Å². The molecule has 5 nitrogen and oxygen atoms in total. The summed E-state index contributed by atoms with van der Waals surface area (Å²) in [5.41, 5.74) is 0.800. The first-order chi connectivity index (χ1) is 10.3. The molecule has 116 valence electrons. The van der Waals surface area contributed by atoms with E-state index in [9.17, 15) is 8.42 Å². The van der Waals surface area contributed by atoms with Gasteiger partial charge in [0.25, 0.3) is 0 Å². The van der Waals surface area contributed by atoms with Crippen molar-refractivity contribution in [3.05, 3.63) is 23.2 Å². The van der Waals surface area contributed by atoms with Gasteiger partial charge >= 0.3 is 0 Å². The van der Waals surface area contributed by atoms with E-state index in [2.05, 4.69) is 29.0 Å². The Morgan fingerprint density at radius 1 is 1.14 bits per heavy atom. The number of benzene rings is 1. The van der Waals surface area contributed by atoms with Gasteiger partial charge < -0.3 is 0 Å². The lowest BCUT2D eigenvalue weighted by molar-refractivity contribution is 0.602. The van der Waals surface area contributed by atoms with Crippen LogP contribution in [-0.2, 0) is 9.84 Å². The summed E-state index contributed by atoms with van der Waals surface area (Å²) in [6, 6.07) is 5.01. The highest BCUT2D eigenvalue weighted by molar-refractivity contribution is 8.02. The summed E-state index contributed by atoms with van der Waals surface area (Å²) >= 11 is 4.50. The normalized spacial score (nSPS) is 12.4. The van der Waals surface area contributed by atoms with Crippen molar-refractivity contribution in [1.82, 2.24) is 15.2 Å². The number of fused-ring (bicyclic) bond motifs is 1. The maximum atomic E-state index is 11.6. The third-order valence-corrected chi connectivity index (χ3v) is 7.32. The van der Waals surface area contributed by atoms with E-state index >= 15 is 0 Å². The van der Waals surface area contributed by atoms with Gasteiger partial charge in [-0.15, -0.1) is 21.5 Å². The first-order valence-corrected chi connectivity index (χ1v) is 10.8. The molecule has 3 rings (SSSR count). The van der Waals surface area contributed by atoms with Gasteiger partial charge in [-0.3, -0.25) is 0 Å². The molecule has 1 aromatic carbocycles. The van der Waals surface area contributed by atoms with Crippen molar-refractivity contribution in [1.29, 1.82) is 0 Å². The smallest absolute Gasteiger partial charge is 0.181 e. The molecule has 0 fully saturated rings. The fourth-order valence-corrected chi connectivity index (χ4v) is 5.63. The number of hydrogen-bond acceptors (Lipinski definition) is 8. The first kappa shape index (κ1) is 15.9. The summed E-state index contributed by atoms with van der Waals surface area (Å²) in [5.74, 6) is 0.361. The van der Waals surface area contributed by atoms with Gasteiger partial charge in [0.05, 0.1) is 15.1 Å². The molecule has 0 aliphatic rings. The summed E-state index contributed by atoms with van der Waals surface area (Å²) < 4.78 is 25.8. The van der Waals surface area contributed by atoms with Crippen molar-refractivity contribution in [3.63, 3.8) is 0 Å².